The topological polar surface area (TPSA) is 85.1 Å². The van der Waals surface area contributed by atoms with Crippen LogP contribution in [0.5, 0.6) is 0 Å². The SMILES string of the molecule is NCCS(=O)(=O)NCc1cccnc1. The third kappa shape index (κ3) is 3.82. The van der Waals surface area contributed by atoms with Crippen LogP contribution in [0.1, 0.15) is 5.56 Å². The van der Waals surface area contributed by atoms with Crippen LogP contribution in [-0.4, -0.2) is 25.7 Å². The molecule has 0 aliphatic rings. The number of rotatable bonds is 5. The summed E-state index contributed by atoms with van der Waals surface area (Å²) in [5.74, 6) is -0.0484. The molecular weight excluding hydrogens is 202 g/mol. The minimum atomic E-state index is -3.23. The molecule has 0 saturated heterocycles. The molecule has 0 unspecified atom stereocenters. The van der Waals surface area contributed by atoms with Crippen molar-refractivity contribution in [3.63, 3.8) is 0 Å². The lowest BCUT2D eigenvalue weighted by atomic mass is 10.3. The first-order valence-corrected chi connectivity index (χ1v) is 5.85. The molecule has 1 aromatic rings. The summed E-state index contributed by atoms with van der Waals surface area (Å²) in [6.07, 6.45) is 3.25. The maximum absolute atomic E-state index is 11.2. The highest BCUT2D eigenvalue weighted by molar-refractivity contribution is 7.89. The fraction of sp³-hybridized carbons (Fsp3) is 0.375. The van der Waals surface area contributed by atoms with Crippen molar-refractivity contribution in [2.45, 2.75) is 6.54 Å². The van der Waals surface area contributed by atoms with Crippen LogP contribution >= 0.6 is 0 Å². The number of nitrogens with zero attached hydrogens (tertiary/aromatic N) is 1. The second-order valence-electron chi connectivity index (χ2n) is 2.79. The molecule has 1 aromatic heterocycles. The van der Waals surface area contributed by atoms with E-state index in [2.05, 4.69) is 9.71 Å². The first-order chi connectivity index (χ1) is 6.64. The van der Waals surface area contributed by atoms with E-state index in [0.29, 0.717) is 0 Å². The Balaban J connectivity index is 2.49. The highest BCUT2D eigenvalue weighted by Crippen LogP contribution is 1.95. The number of pyridine rings is 1. The van der Waals surface area contributed by atoms with Crippen molar-refractivity contribution < 1.29 is 8.42 Å². The molecule has 0 radical (unpaired) electrons. The third-order valence-electron chi connectivity index (χ3n) is 1.61. The summed E-state index contributed by atoms with van der Waals surface area (Å²) in [6.45, 7) is 0.387. The van der Waals surface area contributed by atoms with Gasteiger partial charge in [0, 0.05) is 25.5 Å². The summed E-state index contributed by atoms with van der Waals surface area (Å²) in [6, 6.07) is 3.56. The lowest BCUT2D eigenvalue weighted by Crippen LogP contribution is -2.29. The molecule has 0 aromatic carbocycles. The minimum Gasteiger partial charge on any atom is -0.329 e. The van der Waals surface area contributed by atoms with Crippen LogP contribution in [0.4, 0.5) is 0 Å². The van der Waals surface area contributed by atoms with E-state index in [0.717, 1.165) is 5.56 Å². The Hall–Kier alpha value is -0.980. The highest BCUT2D eigenvalue weighted by atomic mass is 32.2. The van der Waals surface area contributed by atoms with Gasteiger partial charge < -0.3 is 5.73 Å². The zero-order chi connectivity index (χ0) is 10.4. The molecule has 6 heteroatoms. The summed E-state index contributed by atoms with van der Waals surface area (Å²) in [5, 5.41) is 0. The minimum absolute atomic E-state index is 0.0484. The summed E-state index contributed by atoms with van der Waals surface area (Å²) >= 11 is 0. The van der Waals surface area contributed by atoms with Crippen LogP contribution in [0.3, 0.4) is 0 Å². The average molecular weight is 215 g/mol. The lowest BCUT2D eigenvalue weighted by molar-refractivity contribution is 0.581. The third-order valence-corrected chi connectivity index (χ3v) is 2.96. The van der Waals surface area contributed by atoms with E-state index in [1.54, 1.807) is 24.5 Å². The Morgan fingerprint density at radius 1 is 1.50 bits per heavy atom. The van der Waals surface area contributed by atoms with Crippen LogP contribution in [-0.2, 0) is 16.6 Å². The van der Waals surface area contributed by atoms with Gasteiger partial charge in [-0.25, -0.2) is 13.1 Å². The van der Waals surface area contributed by atoms with Gasteiger partial charge in [-0.2, -0.15) is 0 Å². The number of nitrogens with one attached hydrogen (secondary N) is 1. The van der Waals surface area contributed by atoms with Gasteiger partial charge in [-0.1, -0.05) is 6.07 Å². The maximum atomic E-state index is 11.2. The van der Waals surface area contributed by atoms with Crippen LogP contribution < -0.4 is 10.5 Å². The molecule has 0 fully saturated rings. The standard InChI is InChI=1S/C8H13N3O2S/c9-3-5-14(12,13)11-7-8-2-1-4-10-6-8/h1-2,4,6,11H,3,5,7,9H2. The predicted molar refractivity (Wildman–Crippen MR) is 53.9 cm³/mol. The zero-order valence-electron chi connectivity index (χ0n) is 7.68. The van der Waals surface area contributed by atoms with E-state index >= 15 is 0 Å². The Bertz CT molecular complexity index is 363. The van der Waals surface area contributed by atoms with Crippen LogP contribution in [0.25, 0.3) is 0 Å². The van der Waals surface area contributed by atoms with E-state index < -0.39 is 10.0 Å². The Kier molecular flexibility index (Phi) is 3.99. The normalized spacial score (nSPS) is 11.5. The van der Waals surface area contributed by atoms with Gasteiger partial charge in [0.05, 0.1) is 5.75 Å². The molecule has 5 nitrogen and oxygen atoms in total. The summed E-state index contributed by atoms with van der Waals surface area (Å²) < 4.78 is 24.8. The fourth-order valence-electron chi connectivity index (χ4n) is 0.923. The van der Waals surface area contributed by atoms with Gasteiger partial charge in [-0.3, -0.25) is 4.98 Å². The summed E-state index contributed by atoms with van der Waals surface area (Å²) in [5.41, 5.74) is 5.98. The molecular formula is C8H13N3O2S. The predicted octanol–water partition coefficient (Wildman–Crippen LogP) is -0.540. The van der Waals surface area contributed by atoms with Crippen LogP contribution in [0.2, 0.25) is 0 Å². The lowest BCUT2D eigenvalue weighted by Gasteiger charge is -2.04. The van der Waals surface area contributed by atoms with Gasteiger partial charge in [0.25, 0.3) is 0 Å². The molecule has 0 saturated carbocycles. The Morgan fingerprint density at radius 3 is 2.86 bits per heavy atom. The highest BCUT2D eigenvalue weighted by Gasteiger charge is 2.07. The van der Waals surface area contributed by atoms with E-state index in [1.807, 2.05) is 0 Å². The van der Waals surface area contributed by atoms with Gasteiger partial charge in [-0.15, -0.1) is 0 Å². The van der Waals surface area contributed by atoms with Crippen molar-refractivity contribution in [3.8, 4) is 0 Å². The number of hydrogen-bond donors (Lipinski definition) is 2. The molecule has 0 aliphatic heterocycles. The van der Waals surface area contributed by atoms with Gasteiger partial charge in [0.1, 0.15) is 0 Å². The van der Waals surface area contributed by atoms with E-state index in [4.69, 9.17) is 5.73 Å². The molecule has 0 amide bonds. The van der Waals surface area contributed by atoms with Crippen LogP contribution in [0.15, 0.2) is 24.5 Å². The van der Waals surface area contributed by atoms with Crippen molar-refractivity contribution in [2.24, 2.45) is 5.73 Å². The molecule has 1 heterocycles. The monoisotopic (exact) mass is 215 g/mol. The second-order valence-corrected chi connectivity index (χ2v) is 4.72. The Labute approximate surface area is 83.4 Å². The second kappa shape index (κ2) is 5.04. The first kappa shape index (κ1) is 11.1. The van der Waals surface area contributed by atoms with Crippen molar-refractivity contribution in [1.82, 2.24) is 9.71 Å². The first-order valence-electron chi connectivity index (χ1n) is 4.20. The van der Waals surface area contributed by atoms with E-state index in [9.17, 15) is 8.42 Å². The molecule has 0 bridgehead atoms. The van der Waals surface area contributed by atoms with Crippen molar-refractivity contribution in [3.05, 3.63) is 30.1 Å². The van der Waals surface area contributed by atoms with Gasteiger partial charge in [0.2, 0.25) is 10.0 Å². The van der Waals surface area contributed by atoms with Gasteiger partial charge in [-0.05, 0) is 11.6 Å². The summed E-state index contributed by atoms with van der Waals surface area (Å²) in [7, 11) is -3.23. The number of sulfonamides is 1. The molecule has 78 valence electrons. The molecule has 1 rings (SSSR count). The van der Waals surface area contributed by atoms with E-state index in [-0.39, 0.29) is 18.8 Å². The molecule has 0 spiro atoms. The van der Waals surface area contributed by atoms with Gasteiger partial charge >= 0.3 is 0 Å². The Morgan fingerprint density at radius 2 is 2.29 bits per heavy atom. The van der Waals surface area contributed by atoms with Crippen LogP contribution in [0, 0.1) is 0 Å². The number of aromatic nitrogens is 1. The number of nitrogens with two attached hydrogens (primary N) is 1. The maximum Gasteiger partial charge on any atom is 0.213 e. The average Bonchev–Trinajstić information content (AvgIpc) is 2.17. The summed E-state index contributed by atoms with van der Waals surface area (Å²) in [4.78, 5) is 3.87. The van der Waals surface area contributed by atoms with Crippen molar-refractivity contribution in [2.75, 3.05) is 12.3 Å². The molecule has 0 atom stereocenters. The smallest absolute Gasteiger partial charge is 0.213 e. The molecule has 14 heavy (non-hydrogen) atoms. The molecule has 3 N–H and O–H groups in total. The van der Waals surface area contributed by atoms with Crippen molar-refractivity contribution in [1.29, 1.82) is 0 Å². The van der Waals surface area contributed by atoms with E-state index in [1.165, 1.54) is 0 Å². The molecule has 0 aliphatic carbocycles. The fourth-order valence-corrected chi connectivity index (χ4v) is 1.76. The zero-order valence-corrected chi connectivity index (χ0v) is 8.50. The largest absolute Gasteiger partial charge is 0.329 e. The van der Waals surface area contributed by atoms with Gasteiger partial charge in [0.15, 0.2) is 0 Å². The number of hydrogen-bond acceptors (Lipinski definition) is 4. The van der Waals surface area contributed by atoms with Crippen molar-refractivity contribution >= 4 is 10.0 Å². The quantitative estimate of drug-likeness (QED) is 0.690.